The predicted molar refractivity (Wildman–Crippen MR) is 180 cm³/mol. The molecule has 0 saturated heterocycles. The highest BCUT2D eigenvalue weighted by molar-refractivity contribution is 6.21. The van der Waals surface area contributed by atoms with Crippen LogP contribution in [0.2, 0.25) is 0 Å². The van der Waals surface area contributed by atoms with Crippen LogP contribution in [0.1, 0.15) is 69.7 Å². The van der Waals surface area contributed by atoms with E-state index in [9.17, 15) is 22.8 Å². The summed E-state index contributed by atoms with van der Waals surface area (Å²) in [5, 5.41) is 0. The standard InChI is InChI=1S/C40H40F3NO3/c1-37(2,3)31-22-20-30(21-23-31)32(24-25-40(41,42)43)39(26-27-16-18-29(19-17-27)28-12-8-7-9-13-28)33-14-10-11-15-34(33)44(35(39)45)36(46)47-38(4,5)6/h7-25,32H,26H2,1-6H3/b25-24+. The molecule has 7 heteroatoms. The van der Waals surface area contributed by atoms with Gasteiger partial charge in [-0.05, 0) is 72.1 Å². The molecule has 2 unspecified atom stereocenters. The summed E-state index contributed by atoms with van der Waals surface area (Å²) in [6.45, 7) is 11.3. The molecule has 5 rings (SSSR count). The SMILES string of the molecule is CC(C)(C)OC(=O)N1C(=O)C(Cc2ccc(-c3ccccc3)cc2)(C(/C=C/C(F)(F)F)c2ccc(C(C)(C)C)cc2)c2ccccc21. The second kappa shape index (κ2) is 12.5. The highest BCUT2D eigenvalue weighted by Crippen LogP contribution is 2.53. The first-order valence-corrected chi connectivity index (χ1v) is 15.7. The molecule has 47 heavy (non-hydrogen) atoms. The number of imide groups is 1. The molecule has 4 aromatic rings. The monoisotopic (exact) mass is 639 g/mol. The van der Waals surface area contributed by atoms with Gasteiger partial charge in [0.1, 0.15) is 5.60 Å². The molecule has 0 bridgehead atoms. The number of nitrogens with zero attached hydrogens (tertiary/aromatic N) is 1. The molecule has 1 heterocycles. The lowest BCUT2D eigenvalue weighted by Gasteiger charge is -2.36. The molecule has 0 aromatic heterocycles. The van der Waals surface area contributed by atoms with E-state index in [2.05, 4.69) is 20.8 Å². The van der Waals surface area contributed by atoms with Gasteiger partial charge in [-0.2, -0.15) is 13.2 Å². The van der Waals surface area contributed by atoms with Crippen molar-refractivity contribution in [1.82, 2.24) is 0 Å². The van der Waals surface area contributed by atoms with Crippen LogP contribution in [0.15, 0.2) is 115 Å². The summed E-state index contributed by atoms with van der Waals surface area (Å²) >= 11 is 0. The summed E-state index contributed by atoms with van der Waals surface area (Å²) in [7, 11) is 0. The van der Waals surface area contributed by atoms with E-state index in [1.165, 1.54) is 0 Å². The van der Waals surface area contributed by atoms with E-state index in [-0.39, 0.29) is 17.9 Å². The topological polar surface area (TPSA) is 46.6 Å². The summed E-state index contributed by atoms with van der Waals surface area (Å²) in [4.78, 5) is 29.7. The molecule has 244 valence electrons. The number of ether oxygens (including phenoxy) is 1. The lowest BCUT2D eigenvalue weighted by Crippen LogP contribution is -2.49. The number of fused-ring (bicyclic) bond motifs is 1. The van der Waals surface area contributed by atoms with Gasteiger partial charge in [-0.15, -0.1) is 0 Å². The Morgan fingerprint density at radius 1 is 0.787 bits per heavy atom. The van der Waals surface area contributed by atoms with Crippen molar-refractivity contribution < 1.29 is 27.5 Å². The molecular formula is C40H40F3NO3. The fraction of sp³-hybridized carbons (Fsp3) is 0.300. The second-order valence-electron chi connectivity index (χ2n) is 14.1. The number of alkyl halides is 3. The summed E-state index contributed by atoms with van der Waals surface area (Å²) in [5.41, 5.74) is 2.25. The zero-order chi connectivity index (χ0) is 34.2. The van der Waals surface area contributed by atoms with Crippen LogP contribution in [0.4, 0.5) is 23.7 Å². The van der Waals surface area contributed by atoms with Crippen molar-refractivity contribution in [3.05, 3.63) is 138 Å². The minimum Gasteiger partial charge on any atom is -0.443 e. The maximum Gasteiger partial charge on any atom is 0.421 e. The zero-order valence-electron chi connectivity index (χ0n) is 27.6. The Bertz CT molecular complexity index is 1760. The number of para-hydroxylation sites is 1. The molecule has 0 fully saturated rings. The molecule has 0 N–H and O–H groups in total. The van der Waals surface area contributed by atoms with E-state index < -0.39 is 35.1 Å². The van der Waals surface area contributed by atoms with E-state index in [1.807, 2.05) is 66.7 Å². The number of anilines is 1. The van der Waals surface area contributed by atoms with Crippen LogP contribution in [0.25, 0.3) is 11.1 Å². The smallest absolute Gasteiger partial charge is 0.421 e. The van der Waals surface area contributed by atoms with Crippen LogP contribution in [0.3, 0.4) is 0 Å². The maximum atomic E-state index is 15.0. The number of hydrogen-bond acceptors (Lipinski definition) is 3. The van der Waals surface area contributed by atoms with Crippen LogP contribution < -0.4 is 4.90 Å². The molecule has 0 aliphatic carbocycles. The molecule has 1 aliphatic rings. The molecule has 2 atom stereocenters. The Morgan fingerprint density at radius 3 is 1.94 bits per heavy atom. The van der Waals surface area contributed by atoms with Gasteiger partial charge < -0.3 is 4.74 Å². The third kappa shape index (κ3) is 7.19. The van der Waals surface area contributed by atoms with Crippen molar-refractivity contribution in [3.63, 3.8) is 0 Å². The Morgan fingerprint density at radius 2 is 1.36 bits per heavy atom. The average Bonchev–Trinajstić information content (AvgIpc) is 3.24. The summed E-state index contributed by atoms with van der Waals surface area (Å²) in [5.74, 6) is -1.73. The number of carbonyl (C=O) groups is 2. The molecular weight excluding hydrogens is 599 g/mol. The van der Waals surface area contributed by atoms with Gasteiger partial charge in [0.05, 0.1) is 11.1 Å². The molecule has 4 aromatic carbocycles. The number of amides is 2. The number of hydrogen-bond donors (Lipinski definition) is 0. The first-order valence-electron chi connectivity index (χ1n) is 15.7. The minimum absolute atomic E-state index is 0.0328. The zero-order valence-corrected chi connectivity index (χ0v) is 27.6. The van der Waals surface area contributed by atoms with Crippen molar-refractivity contribution in [2.24, 2.45) is 0 Å². The van der Waals surface area contributed by atoms with Crippen molar-refractivity contribution >= 4 is 17.7 Å². The maximum absolute atomic E-state index is 15.0. The van der Waals surface area contributed by atoms with Crippen molar-refractivity contribution in [1.29, 1.82) is 0 Å². The largest absolute Gasteiger partial charge is 0.443 e. The van der Waals surface area contributed by atoms with Gasteiger partial charge in [-0.25, -0.2) is 9.69 Å². The van der Waals surface area contributed by atoms with Gasteiger partial charge in [0.2, 0.25) is 5.91 Å². The number of benzene rings is 4. The first kappa shape index (κ1) is 33.7. The van der Waals surface area contributed by atoms with E-state index in [4.69, 9.17) is 4.74 Å². The van der Waals surface area contributed by atoms with Crippen LogP contribution in [-0.2, 0) is 26.8 Å². The van der Waals surface area contributed by atoms with Gasteiger partial charge in [0, 0.05) is 12.0 Å². The Hall–Kier alpha value is -4.65. The van der Waals surface area contributed by atoms with Crippen LogP contribution in [0, 0.1) is 0 Å². The third-order valence-electron chi connectivity index (χ3n) is 8.47. The summed E-state index contributed by atoms with van der Waals surface area (Å²) in [6, 6.07) is 31.6. The fourth-order valence-electron chi connectivity index (χ4n) is 6.26. The Labute approximate surface area is 274 Å². The first-order chi connectivity index (χ1) is 22.0. The van der Waals surface area contributed by atoms with Gasteiger partial charge in [0.25, 0.3) is 0 Å². The quantitative estimate of drug-likeness (QED) is 0.197. The van der Waals surface area contributed by atoms with Crippen LogP contribution in [-0.4, -0.2) is 23.8 Å². The molecule has 4 nitrogen and oxygen atoms in total. The Balaban J connectivity index is 1.74. The minimum atomic E-state index is -4.63. The van der Waals surface area contributed by atoms with Crippen molar-refractivity contribution in [2.75, 3.05) is 4.90 Å². The lowest BCUT2D eigenvalue weighted by molar-refractivity contribution is -0.123. The van der Waals surface area contributed by atoms with Gasteiger partial charge in [-0.3, -0.25) is 4.79 Å². The fourth-order valence-corrected chi connectivity index (χ4v) is 6.26. The molecule has 0 saturated carbocycles. The highest BCUT2D eigenvalue weighted by Gasteiger charge is 2.57. The van der Waals surface area contributed by atoms with Crippen molar-refractivity contribution in [2.45, 2.75) is 76.5 Å². The third-order valence-corrected chi connectivity index (χ3v) is 8.47. The average molecular weight is 640 g/mol. The molecule has 2 amide bonds. The van der Waals surface area contributed by atoms with E-state index in [1.54, 1.807) is 57.2 Å². The van der Waals surface area contributed by atoms with Crippen LogP contribution >= 0.6 is 0 Å². The summed E-state index contributed by atoms with van der Waals surface area (Å²) < 4.78 is 47.4. The van der Waals surface area contributed by atoms with E-state index in [0.29, 0.717) is 16.8 Å². The Kier molecular flexibility index (Phi) is 8.97. The number of halogens is 3. The second-order valence-corrected chi connectivity index (χ2v) is 14.1. The van der Waals surface area contributed by atoms with Gasteiger partial charge in [-0.1, -0.05) is 124 Å². The number of rotatable bonds is 6. The molecule has 1 aliphatic heterocycles. The predicted octanol–water partition coefficient (Wildman–Crippen LogP) is 10.3. The van der Waals surface area contributed by atoms with Gasteiger partial charge in [0.15, 0.2) is 0 Å². The summed E-state index contributed by atoms with van der Waals surface area (Å²) in [6.07, 6.45) is -4.21. The van der Waals surface area contributed by atoms with E-state index >= 15 is 0 Å². The van der Waals surface area contributed by atoms with Crippen molar-refractivity contribution in [3.8, 4) is 11.1 Å². The lowest BCUT2D eigenvalue weighted by atomic mass is 9.64. The molecule has 0 spiro atoms. The normalized spacial score (nSPS) is 17.6. The van der Waals surface area contributed by atoms with Crippen LogP contribution in [0.5, 0.6) is 0 Å². The number of carbonyl (C=O) groups excluding carboxylic acids is 2. The highest BCUT2D eigenvalue weighted by atomic mass is 19.4. The van der Waals surface area contributed by atoms with E-state index in [0.717, 1.165) is 33.2 Å². The number of allylic oxidation sites excluding steroid dienone is 2. The molecule has 0 radical (unpaired) electrons. The van der Waals surface area contributed by atoms with Gasteiger partial charge >= 0.3 is 12.3 Å².